The Hall–Kier alpha value is -2.61. The molecular formula is C17H22N4O4. The lowest BCUT2D eigenvalue weighted by Crippen LogP contribution is -2.50. The monoisotopic (exact) mass is 346 g/mol. The van der Waals surface area contributed by atoms with Crippen LogP contribution in [0.3, 0.4) is 0 Å². The van der Waals surface area contributed by atoms with Crippen LogP contribution in [-0.4, -0.2) is 71.1 Å². The van der Waals surface area contributed by atoms with E-state index in [9.17, 15) is 14.4 Å². The molecule has 1 saturated heterocycles. The molecule has 0 atom stereocenters. The van der Waals surface area contributed by atoms with Gasteiger partial charge in [-0.05, 0) is 25.1 Å². The number of imidazole rings is 1. The highest BCUT2D eigenvalue weighted by atomic mass is 16.5. The largest absolute Gasteiger partial charge is 0.380 e. The average Bonchev–Trinajstić information content (AvgIpc) is 2.91. The highest BCUT2D eigenvalue weighted by Crippen LogP contribution is 2.16. The fraction of sp³-hybridized carbons (Fsp3) is 0.471. The number of nitrogens with zero attached hydrogens (tertiary/aromatic N) is 3. The summed E-state index contributed by atoms with van der Waals surface area (Å²) in [4.78, 5) is 42.5. The first-order valence-electron chi connectivity index (χ1n) is 8.34. The number of likely N-dealkylation sites (N-methyl/N-ethyl adjacent to an activating group) is 1. The smallest absolute Gasteiger partial charge is 0.326 e. The Morgan fingerprint density at radius 2 is 2.08 bits per heavy atom. The van der Waals surface area contributed by atoms with Gasteiger partial charge in [0.05, 0.1) is 24.2 Å². The molecule has 0 saturated carbocycles. The second-order valence-corrected chi connectivity index (χ2v) is 6.05. The summed E-state index contributed by atoms with van der Waals surface area (Å²) < 4.78 is 6.90. The highest BCUT2D eigenvalue weighted by Gasteiger charge is 2.25. The van der Waals surface area contributed by atoms with Gasteiger partial charge in [0.25, 0.3) is 5.91 Å². The molecule has 2 aromatic rings. The number of carbonyl (C=O) groups excluding carboxylic acids is 2. The van der Waals surface area contributed by atoms with Crippen molar-refractivity contribution in [3.8, 4) is 0 Å². The lowest BCUT2D eigenvalue weighted by molar-refractivity contribution is -0.133. The van der Waals surface area contributed by atoms with Crippen LogP contribution < -0.4 is 5.69 Å². The van der Waals surface area contributed by atoms with Crippen molar-refractivity contribution in [2.24, 2.45) is 0 Å². The van der Waals surface area contributed by atoms with Gasteiger partial charge in [0.2, 0.25) is 5.91 Å². The first-order chi connectivity index (χ1) is 12.0. The normalized spacial score (nSPS) is 15.2. The molecule has 1 aliphatic rings. The molecule has 134 valence electrons. The molecule has 25 heavy (non-hydrogen) atoms. The van der Waals surface area contributed by atoms with Crippen LogP contribution >= 0.6 is 0 Å². The van der Waals surface area contributed by atoms with Crippen molar-refractivity contribution >= 4 is 22.8 Å². The zero-order chi connectivity index (χ0) is 18.0. The van der Waals surface area contributed by atoms with E-state index in [2.05, 4.69) is 4.98 Å². The molecule has 1 aromatic carbocycles. The predicted octanol–water partition coefficient (Wildman–Crippen LogP) is 0.280. The maximum atomic E-state index is 12.6. The van der Waals surface area contributed by atoms with Gasteiger partial charge in [-0.2, -0.15) is 0 Å². The number of ether oxygens (including phenoxy) is 1. The van der Waals surface area contributed by atoms with Crippen LogP contribution in [-0.2, 0) is 16.1 Å². The third-order valence-corrected chi connectivity index (χ3v) is 4.43. The lowest BCUT2D eigenvalue weighted by Gasteiger charge is -2.32. The molecule has 0 radical (unpaired) electrons. The number of benzene rings is 1. The minimum Gasteiger partial charge on any atom is -0.380 e. The summed E-state index contributed by atoms with van der Waals surface area (Å²) in [6.45, 7) is 4.51. The van der Waals surface area contributed by atoms with Gasteiger partial charge in [-0.15, -0.1) is 0 Å². The summed E-state index contributed by atoms with van der Waals surface area (Å²) in [5.41, 5.74) is 1.57. The number of rotatable bonds is 5. The molecule has 0 unspecified atom stereocenters. The molecule has 3 rings (SSSR count). The van der Waals surface area contributed by atoms with Crippen molar-refractivity contribution in [3.63, 3.8) is 0 Å². The van der Waals surface area contributed by atoms with E-state index in [0.717, 1.165) is 5.52 Å². The van der Waals surface area contributed by atoms with E-state index in [1.165, 1.54) is 4.90 Å². The molecule has 1 aliphatic heterocycles. The number of fused-ring (bicyclic) bond motifs is 1. The SMILES string of the molecule is CCOCCn1c(=O)[nH]c2cc(C(=O)N3CCN(C)C(=O)C3)ccc21. The minimum absolute atomic E-state index is 0.0730. The first-order valence-corrected chi connectivity index (χ1v) is 8.34. The van der Waals surface area contributed by atoms with E-state index < -0.39 is 0 Å². The number of amides is 2. The summed E-state index contributed by atoms with van der Waals surface area (Å²) in [6.07, 6.45) is 0. The number of hydrogen-bond donors (Lipinski definition) is 1. The summed E-state index contributed by atoms with van der Waals surface area (Å²) in [6, 6.07) is 5.11. The van der Waals surface area contributed by atoms with E-state index in [1.54, 1.807) is 34.7 Å². The number of aromatic nitrogens is 2. The van der Waals surface area contributed by atoms with E-state index in [1.807, 2.05) is 6.92 Å². The zero-order valence-electron chi connectivity index (χ0n) is 14.4. The standard InChI is InChI=1S/C17H22N4O4/c1-3-25-9-8-21-14-5-4-12(10-13(14)18-17(21)24)16(23)20-7-6-19(2)15(22)11-20/h4-5,10H,3,6-9,11H2,1-2H3,(H,18,24). The number of hydrogen-bond acceptors (Lipinski definition) is 4. The molecule has 2 amide bonds. The van der Waals surface area contributed by atoms with Crippen LogP contribution in [0.25, 0.3) is 11.0 Å². The fourth-order valence-electron chi connectivity index (χ4n) is 2.93. The molecule has 1 N–H and O–H groups in total. The van der Waals surface area contributed by atoms with Gasteiger partial charge in [0.1, 0.15) is 6.54 Å². The van der Waals surface area contributed by atoms with Crippen LogP contribution in [0.2, 0.25) is 0 Å². The molecule has 2 heterocycles. The molecule has 1 fully saturated rings. The van der Waals surface area contributed by atoms with Gasteiger partial charge in [-0.25, -0.2) is 4.79 Å². The summed E-state index contributed by atoms with van der Waals surface area (Å²) in [5, 5.41) is 0. The minimum atomic E-state index is -0.228. The number of H-pyrrole nitrogens is 1. The first kappa shape index (κ1) is 17.2. The maximum Gasteiger partial charge on any atom is 0.326 e. The van der Waals surface area contributed by atoms with Gasteiger partial charge in [0, 0.05) is 32.3 Å². The third kappa shape index (κ3) is 3.43. The van der Waals surface area contributed by atoms with Gasteiger partial charge in [-0.3, -0.25) is 14.2 Å². The van der Waals surface area contributed by atoms with Gasteiger partial charge >= 0.3 is 5.69 Å². The number of carbonyl (C=O) groups is 2. The van der Waals surface area contributed by atoms with E-state index in [4.69, 9.17) is 4.74 Å². The highest BCUT2D eigenvalue weighted by molar-refractivity contribution is 5.99. The van der Waals surface area contributed by atoms with Gasteiger partial charge < -0.3 is 19.5 Å². The van der Waals surface area contributed by atoms with Crippen LogP contribution in [0.1, 0.15) is 17.3 Å². The van der Waals surface area contributed by atoms with Crippen LogP contribution in [0.4, 0.5) is 0 Å². The van der Waals surface area contributed by atoms with Crippen molar-refractivity contribution in [2.75, 3.05) is 39.9 Å². The molecule has 0 bridgehead atoms. The van der Waals surface area contributed by atoms with E-state index in [0.29, 0.717) is 43.9 Å². The zero-order valence-corrected chi connectivity index (χ0v) is 14.4. The van der Waals surface area contributed by atoms with Crippen LogP contribution in [0, 0.1) is 0 Å². The Morgan fingerprint density at radius 3 is 2.80 bits per heavy atom. The molecule has 8 nitrogen and oxygen atoms in total. The number of piperazine rings is 1. The fourth-order valence-corrected chi connectivity index (χ4v) is 2.93. The third-order valence-electron chi connectivity index (χ3n) is 4.43. The van der Waals surface area contributed by atoms with E-state index in [-0.39, 0.29) is 24.0 Å². The summed E-state index contributed by atoms with van der Waals surface area (Å²) in [7, 11) is 1.73. The Morgan fingerprint density at radius 1 is 1.28 bits per heavy atom. The molecular weight excluding hydrogens is 324 g/mol. The second-order valence-electron chi connectivity index (χ2n) is 6.05. The lowest BCUT2D eigenvalue weighted by atomic mass is 10.1. The van der Waals surface area contributed by atoms with Crippen molar-refractivity contribution in [1.82, 2.24) is 19.4 Å². The summed E-state index contributed by atoms with van der Waals surface area (Å²) in [5.74, 6) is -0.276. The second kappa shape index (κ2) is 7.10. The van der Waals surface area contributed by atoms with Crippen molar-refractivity contribution in [2.45, 2.75) is 13.5 Å². The Bertz CT molecular complexity index is 854. The predicted molar refractivity (Wildman–Crippen MR) is 92.6 cm³/mol. The van der Waals surface area contributed by atoms with Gasteiger partial charge in [-0.1, -0.05) is 0 Å². The topological polar surface area (TPSA) is 87.6 Å². The number of nitrogens with one attached hydrogen (secondary N) is 1. The maximum absolute atomic E-state index is 12.6. The number of aromatic amines is 1. The summed E-state index contributed by atoms with van der Waals surface area (Å²) >= 11 is 0. The van der Waals surface area contributed by atoms with Crippen molar-refractivity contribution in [1.29, 1.82) is 0 Å². The van der Waals surface area contributed by atoms with Crippen LogP contribution in [0.15, 0.2) is 23.0 Å². The van der Waals surface area contributed by atoms with Crippen molar-refractivity contribution in [3.05, 3.63) is 34.2 Å². The Kier molecular flexibility index (Phi) is 4.89. The van der Waals surface area contributed by atoms with Crippen LogP contribution in [0.5, 0.6) is 0 Å². The average molecular weight is 346 g/mol. The van der Waals surface area contributed by atoms with E-state index >= 15 is 0 Å². The molecule has 8 heteroatoms. The van der Waals surface area contributed by atoms with Crippen molar-refractivity contribution < 1.29 is 14.3 Å². The molecule has 1 aromatic heterocycles. The van der Waals surface area contributed by atoms with Gasteiger partial charge in [0.15, 0.2) is 0 Å². The quantitative estimate of drug-likeness (QED) is 0.788. The Labute approximate surface area is 145 Å². The molecule has 0 aliphatic carbocycles. The Balaban J connectivity index is 1.83. The molecule has 0 spiro atoms.